The third-order valence-electron chi connectivity index (χ3n) is 3.34. The highest BCUT2D eigenvalue weighted by Crippen LogP contribution is 2.20. The normalized spacial score (nSPS) is 11.0. The fraction of sp³-hybridized carbons (Fsp3) is 0.0625. The number of halogens is 1. The van der Waals surface area contributed by atoms with E-state index in [2.05, 4.69) is 43.1 Å². The fourth-order valence-electron chi connectivity index (χ4n) is 2.07. The van der Waals surface area contributed by atoms with E-state index in [1.54, 1.807) is 18.5 Å². The Balaban J connectivity index is 1.85. The maximum Gasteiger partial charge on any atom is 0.202 e. The lowest BCUT2D eigenvalue weighted by atomic mass is 10.2. The maximum atomic E-state index is 13.4. The van der Waals surface area contributed by atoms with Crippen LogP contribution in [0.15, 0.2) is 52.3 Å². The standard InChI is InChI=1S/C16H12FN7OS/c17-13-2-1-12(7-11(13)8-18)21-16(24-26)14-15(23-25-22-14)20-9-10-3-5-19-6-4-10/h1-7,26H,9H2,(H,20,23)(H,21,24). The molecule has 0 fully saturated rings. The van der Waals surface area contributed by atoms with Gasteiger partial charge in [0.2, 0.25) is 5.82 Å². The van der Waals surface area contributed by atoms with Crippen LogP contribution in [0.5, 0.6) is 0 Å². The van der Waals surface area contributed by atoms with E-state index in [1.165, 1.54) is 12.1 Å². The second kappa shape index (κ2) is 8.09. The lowest BCUT2D eigenvalue weighted by Crippen LogP contribution is -2.17. The smallest absolute Gasteiger partial charge is 0.202 e. The van der Waals surface area contributed by atoms with Gasteiger partial charge in [-0.3, -0.25) is 4.98 Å². The highest BCUT2D eigenvalue weighted by atomic mass is 32.1. The zero-order valence-corrected chi connectivity index (χ0v) is 14.1. The van der Waals surface area contributed by atoms with Crippen LogP contribution in [0.1, 0.15) is 16.8 Å². The molecule has 1 aromatic carbocycles. The van der Waals surface area contributed by atoms with Crippen molar-refractivity contribution in [1.82, 2.24) is 20.0 Å². The van der Waals surface area contributed by atoms with Gasteiger partial charge < -0.3 is 10.0 Å². The van der Waals surface area contributed by atoms with E-state index >= 15 is 0 Å². The van der Waals surface area contributed by atoms with Gasteiger partial charge in [-0.1, -0.05) is 12.8 Å². The first kappa shape index (κ1) is 17.4. The van der Waals surface area contributed by atoms with Crippen molar-refractivity contribution in [3.05, 3.63) is 65.4 Å². The molecule has 0 saturated heterocycles. The molecule has 0 aliphatic heterocycles. The summed E-state index contributed by atoms with van der Waals surface area (Å²) in [6.07, 6.45) is 3.37. The van der Waals surface area contributed by atoms with Gasteiger partial charge in [-0.2, -0.15) is 5.26 Å². The second-order valence-electron chi connectivity index (χ2n) is 5.02. The van der Waals surface area contributed by atoms with Crippen LogP contribution in [0.2, 0.25) is 0 Å². The molecule has 0 unspecified atom stereocenters. The van der Waals surface area contributed by atoms with Gasteiger partial charge in [0, 0.05) is 18.9 Å². The van der Waals surface area contributed by atoms with Crippen LogP contribution in [0.25, 0.3) is 0 Å². The molecule has 3 rings (SSSR count). The van der Waals surface area contributed by atoms with Gasteiger partial charge in [0.1, 0.15) is 11.9 Å². The molecule has 0 bridgehead atoms. The van der Waals surface area contributed by atoms with Gasteiger partial charge >= 0.3 is 0 Å². The van der Waals surface area contributed by atoms with E-state index in [0.29, 0.717) is 18.1 Å². The number of nitrogens with zero attached hydrogens (tertiary/aromatic N) is 5. The molecular weight excluding hydrogens is 357 g/mol. The van der Waals surface area contributed by atoms with Gasteiger partial charge in [-0.25, -0.2) is 14.0 Å². The number of benzene rings is 1. The predicted octanol–water partition coefficient (Wildman–Crippen LogP) is 2.60. The first-order chi connectivity index (χ1) is 12.7. The second-order valence-corrected chi connectivity index (χ2v) is 5.24. The monoisotopic (exact) mass is 369 g/mol. The number of rotatable bonds is 5. The molecule has 0 amide bonds. The Morgan fingerprint density at radius 1 is 1.27 bits per heavy atom. The molecule has 2 aromatic heterocycles. The zero-order chi connectivity index (χ0) is 18.4. The van der Waals surface area contributed by atoms with E-state index in [9.17, 15) is 4.39 Å². The molecule has 3 aromatic rings. The number of nitriles is 1. The van der Waals surface area contributed by atoms with Crippen molar-refractivity contribution in [3.8, 4) is 6.07 Å². The van der Waals surface area contributed by atoms with Crippen molar-refractivity contribution >= 4 is 30.2 Å². The molecule has 2 N–H and O–H groups in total. The Morgan fingerprint density at radius 2 is 2.08 bits per heavy atom. The molecule has 0 saturated carbocycles. The van der Waals surface area contributed by atoms with E-state index < -0.39 is 5.82 Å². The molecule has 26 heavy (non-hydrogen) atoms. The lowest BCUT2D eigenvalue weighted by molar-refractivity contribution is 0.307. The first-order valence-electron chi connectivity index (χ1n) is 7.35. The Hall–Kier alpha value is -3.45. The van der Waals surface area contributed by atoms with E-state index in [1.807, 2.05) is 12.1 Å². The minimum atomic E-state index is -0.616. The van der Waals surface area contributed by atoms with Crippen molar-refractivity contribution in [2.45, 2.75) is 6.54 Å². The third kappa shape index (κ3) is 3.96. The summed E-state index contributed by atoms with van der Waals surface area (Å²) in [6, 6.07) is 9.38. The molecule has 130 valence electrons. The molecule has 2 heterocycles. The average molecular weight is 369 g/mol. The topological polar surface area (TPSA) is 112 Å². The van der Waals surface area contributed by atoms with Crippen LogP contribution in [0.4, 0.5) is 15.9 Å². The highest BCUT2D eigenvalue weighted by Gasteiger charge is 2.16. The fourth-order valence-corrected chi connectivity index (χ4v) is 2.23. The largest absolute Gasteiger partial charge is 0.361 e. The number of anilines is 1. The molecule has 10 heteroatoms. The predicted molar refractivity (Wildman–Crippen MR) is 95.3 cm³/mol. The highest BCUT2D eigenvalue weighted by molar-refractivity contribution is 7.78. The van der Waals surface area contributed by atoms with Gasteiger partial charge in [0.25, 0.3) is 0 Å². The summed E-state index contributed by atoms with van der Waals surface area (Å²) in [5.41, 5.74) is 1.52. The van der Waals surface area contributed by atoms with Gasteiger partial charge in [0.05, 0.1) is 11.3 Å². The molecule has 0 atom stereocenters. The summed E-state index contributed by atoms with van der Waals surface area (Å²) in [5, 5.41) is 19.6. The first-order valence-corrected chi connectivity index (χ1v) is 7.80. The van der Waals surface area contributed by atoms with Crippen molar-refractivity contribution in [2.75, 3.05) is 5.32 Å². The van der Waals surface area contributed by atoms with Gasteiger partial charge in [-0.05, 0) is 46.2 Å². The Kier molecular flexibility index (Phi) is 5.40. The van der Waals surface area contributed by atoms with Crippen LogP contribution in [0.3, 0.4) is 0 Å². The number of hydrogen-bond acceptors (Lipinski definition) is 8. The average Bonchev–Trinajstić information content (AvgIpc) is 3.15. The molecule has 0 spiro atoms. The summed E-state index contributed by atoms with van der Waals surface area (Å²) in [5.74, 6) is -0.0401. The van der Waals surface area contributed by atoms with Crippen molar-refractivity contribution in [1.29, 1.82) is 5.26 Å². The van der Waals surface area contributed by atoms with Crippen LogP contribution >= 0.6 is 12.8 Å². The number of hydrogen-bond donors (Lipinski definition) is 3. The molecule has 0 aliphatic carbocycles. The summed E-state index contributed by atoms with van der Waals surface area (Å²) in [7, 11) is 0. The minimum Gasteiger partial charge on any atom is -0.361 e. The van der Waals surface area contributed by atoms with Gasteiger partial charge in [0.15, 0.2) is 11.5 Å². The van der Waals surface area contributed by atoms with E-state index in [0.717, 1.165) is 11.6 Å². The van der Waals surface area contributed by atoms with Crippen LogP contribution in [0, 0.1) is 17.1 Å². The third-order valence-corrected chi connectivity index (χ3v) is 3.55. The number of amidine groups is 1. The molecule has 0 aliphatic rings. The molecule has 8 nitrogen and oxygen atoms in total. The van der Waals surface area contributed by atoms with Crippen LogP contribution in [-0.4, -0.2) is 21.1 Å². The van der Waals surface area contributed by atoms with Gasteiger partial charge in [-0.15, -0.1) is 0 Å². The number of aliphatic imine (C=N–C) groups is 1. The van der Waals surface area contributed by atoms with Crippen LogP contribution in [-0.2, 0) is 6.54 Å². The van der Waals surface area contributed by atoms with Crippen molar-refractivity contribution in [2.24, 2.45) is 4.99 Å². The Labute approximate surface area is 153 Å². The maximum absolute atomic E-state index is 13.4. The van der Waals surface area contributed by atoms with Crippen molar-refractivity contribution < 1.29 is 9.02 Å². The number of thiol groups is 1. The quantitative estimate of drug-likeness (QED) is 0.360. The molecule has 0 radical (unpaired) electrons. The Bertz CT molecular complexity index is 968. The SMILES string of the molecule is N#Cc1cc(N=C(NS)c2nonc2NCc2ccncc2)ccc1F. The van der Waals surface area contributed by atoms with Crippen molar-refractivity contribution in [3.63, 3.8) is 0 Å². The van der Waals surface area contributed by atoms with Crippen LogP contribution < -0.4 is 10.0 Å². The van der Waals surface area contributed by atoms with E-state index in [4.69, 9.17) is 9.89 Å². The molecular formula is C16H12FN7OS. The summed E-state index contributed by atoms with van der Waals surface area (Å²) < 4.78 is 20.8. The summed E-state index contributed by atoms with van der Waals surface area (Å²) >= 11 is 4.02. The van der Waals surface area contributed by atoms with E-state index in [-0.39, 0.29) is 17.1 Å². The number of pyridine rings is 1. The zero-order valence-electron chi connectivity index (χ0n) is 13.2. The number of aromatic nitrogens is 3. The summed E-state index contributed by atoms with van der Waals surface area (Å²) in [6.45, 7) is 0.471. The summed E-state index contributed by atoms with van der Waals surface area (Å²) in [4.78, 5) is 8.24. The minimum absolute atomic E-state index is 0.112. The lowest BCUT2D eigenvalue weighted by Gasteiger charge is -2.06. The number of nitrogens with one attached hydrogen (secondary N) is 2. The Morgan fingerprint density at radius 3 is 2.81 bits per heavy atom.